The van der Waals surface area contributed by atoms with Gasteiger partial charge in [0.05, 0.1) is 34.0 Å². The normalized spacial score (nSPS) is 21.4. The number of pyridine rings is 2. The van der Waals surface area contributed by atoms with E-state index in [2.05, 4.69) is 89.9 Å². The molecule has 20 heteroatoms. The minimum Gasteiger partial charge on any atom is -0.497 e. The Morgan fingerprint density at radius 3 is 2.47 bits per heavy atom. The van der Waals surface area contributed by atoms with Crippen molar-refractivity contribution >= 4 is 65.7 Å². The number of amides is 1. The van der Waals surface area contributed by atoms with Crippen molar-refractivity contribution in [3.8, 4) is 17.2 Å². The first-order valence-corrected chi connectivity index (χ1v) is 29.0. The Bertz CT molecular complexity index is 3410. The molecule has 7 aromatic rings. The van der Waals surface area contributed by atoms with E-state index in [1.807, 2.05) is 25.1 Å². The maximum Gasteiger partial charge on any atom is 0.295 e. The van der Waals surface area contributed by atoms with Crippen molar-refractivity contribution < 1.29 is 32.7 Å². The molecule has 1 amide bonds. The average Bonchev–Trinajstić information content (AvgIpc) is 4.19. The van der Waals surface area contributed by atoms with Crippen LogP contribution in [-0.4, -0.2) is 112 Å². The molecule has 0 unspecified atom stereocenters. The van der Waals surface area contributed by atoms with Gasteiger partial charge in [-0.25, -0.2) is 28.1 Å². The van der Waals surface area contributed by atoms with E-state index in [1.165, 1.54) is 34.6 Å². The predicted molar refractivity (Wildman–Crippen MR) is 298 cm³/mol. The number of benzene rings is 3. The fourth-order valence-corrected chi connectivity index (χ4v) is 14.3. The summed E-state index contributed by atoms with van der Waals surface area (Å²) in [4.78, 5) is 49.9. The number of aliphatic hydroxyl groups is 1. The number of hydrogen-bond donors (Lipinski definition) is 4. The summed E-state index contributed by atoms with van der Waals surface area (Å²) < 4.78 is 42.9. The van der Waals surface area contributed by atoms with E-state index in [-0.39, 0.29) is 44.6 Å². The number of nitrogens with zero attached hydrogens (tertiary/aromatic N) is 7. The van der Waals surface area contributed by atoms with Crippen LogP contribution in [0.15, 0.2) is 102 Å². The van der Waals surface area contributed by atoms with Crippen LogP contribution in [0, 0.1) is 21.4 Å². The van der Waals surface area contributed by atoms with E-state index in [1.54, 1.807) is 25.4 Å². The quantitative estimate of drug-likeness (QED) is 0.0522. The zero-order chi connectivity index (χ0) is 53.6. The highest BCUT2D eigenvalue weighted by molar-refractivity contribution is 7.90. The van der Waals surface area contributed by atoms with E-state index in [9.17, 15) is 28.4 Å². The van der Waals surface area contributed by atoms with Crippen LogP contribution in [0.25, 0.3) is 21.3 Å². The van der Waals surface area contributed by atoms with Gasteiger partial charge in [0.2, 0.25) is 0 Å². The molecule has 4 fully saturated rings. The fourth-order valence-electron chi connectivity index (χ4n) is 12.3. The number of rotatable bonds is 16. The largest absolute Gasteiger partial charge is 0.497 e. The number of hydrogen-bond acceptors (Lipinski definition) is 16. The second kappa shape index (κ2) is 21.3. The lowest BCUT2D eigenvalue weighted by Crippen LogP contribution is -2.60. The number of H-pyrrole nitrogens is 1. The number of ether oxygens (including phenoxy) is 2. The van der Waals surface area contributed by atoms with Gasteiger partial charge in [-0.2, -0.15) is 0 Å². The number of sulfonamides is 1. The van der Waals surface area contributed by atoms with Gasteiger partial charge in [0, 0.05) is 87.8 Å². The Morgan fingerprint density at radius 2 is 1.73 bits per heavy atom. The minimum absolute atomic E-state index is 0.00827. The predicted octanol–water partition coefficient (Wildman–Crippen LogP) is 10.2. The minimum atomic E-state index is -4.77. The summed E-state index contributed by atoms with van der Waals surface area (Å²) in [6.45, 7) is 12.1. The molecule has 404 valence electrons. The van der Waals surface area contributed by atoms with E-state index < -0.39 is 37.0 Å². The lowest BCUT2D eigenvalue weighted by atomic mass is 9.59. The standard InChI is InChI=1S/C57H66N10O8S2/c1-36(2)43-7-5-6-8-44(43)47-34-64(33-38-9-11-41(74-4)12-10-38)23-24-66(47)40-28-57(29-40)18-21-65(22-19-57)50-27-48(75-42-25-39-15-20-58-54(39)61-31-42)45(32-59-50)55(68)63-77(72,73)49-26-46(67(70)71)51(53-52(49)62-35-76-53)60-30-37-13-16-56(3,69)17-14-37/h5-12,15,20,25-27,31-32,35-37,40,47,60,69H,13-14,16-19,21-24,28-30,33-34H2,1-4H3,(H,58,61)(H,63,68)/t37?,47-,56?/m0/s1. The molecule has 2 aliphatic heterocycles. The second-order valence-corrected chi connectivity index (χ2v) is 24.7. The number of piperazine rings is 1. The smallest absolute Gasteiger partial charge is 0.295 e. The van der Waals surface area contributed by atoms with Crippen LogP contribution >= 0.6 is 11.3 Å². The van der Waals surface area contributed by atoms with Crippen LogP contribution in [0.4, 0.5) is 17.2 Å². The summed E-state index contributed by atoms with van der Waals surface area (Å²) in [5, 5.41) is 27.0. The zero-order valence-electron chi connectivity index (χ0n) is 43.9. The number of fused-ring (bicyclic) bond motifs is 2. The molecule has 2 saturated carbocycles. The third kappa shape index (κ3) is 10.9. The van der Waals surface area contributed by atoms with Crippen LogP contribution < -0.4 is 24.4 Å². The van der Waals surface area contributed by atoms with Gasteiger partial charge in [-0.15, -0.1) is 11.3 Å². The van der Waals surface area contributed by atoms with Crippen LogP contribution in [0.3, 0.4) is 0 Å². The Labute approximate surface area is 452 Å². The zero-order valence-corrected chi connectivity index (χ0v) is 45.5. The average molecular weight is 1080 g/mol. The molecule has 4 aromatic heterocycles. The monoisotopic (exact) mass is 1080 g/mol. The molecule has 4 N–H and O–H groups in total. The summed E-state index contributed by atoms with van der Waals surface area (Å²) in [6, 6.07) is 24.4. The third-order valence-corrected chi connectivity index (χ3v) is 18.9. The topological polar surface area (TPSA) is 221 Å². The van der Waals surface area contributed by atoms with Crippen molar-refractivity contribution in [1.29, 1.82) is 0 Å². The molecule has 77 heavy (non-hydrogen) atoms. The number of aromatic amines is 1. The molecule has 4 aliphatic rings. The molecule has 2 saturated heterocycles. The lowest BCUT2D eigenvalue weighted by Gasteiger charge is -2.58. The maximum atomic E-state index is 14.3. The van der Waals surface area contributed by atoms with Gasteiger partial charge in [-0.1, -0.05) is 50.2 Å². The highest BCUT2D eigenvalue weighted by Gasteiger charge is 2.50. The Hall–Kier alpha value is -6.71. The van der Waals surface area contributed by atoms with E-state index >= 15 is 0 Å². The Balaban J connectivity index is 0.804. The molecule has 6 heterocycles. The van der Waals surface area contributed by atoms with Gasteiger partial charge in [-0.05, 0) is 116 Å². The number of methoxy groups -OCH3 is 1. The first-order valence-electron chi connectivity index (χ1n) is 26.7. The summed E-state index contributed by atoms with van der Waals surface area (Å²) >= 11 is 1.07. The first-order chi connectivity index (χ1) is 37.0. The van der Waals surface area contributed by atoms with Crippen molar-refractivity contribution in [2.45, 2.75) is 107 Å². The van der Waals surface area contributed by atoms with Crippen LogP contribution in [0.1, 0.15) is 111 Å². The van der Waals surface area contributed by atoms with Gasteiger partial charge in [-0.3, -0.25) is 24.7 Å². The van der Waals surface area contributed by atoms with E-state index in [0.717, 1.165) is 106 Å². The molecular formula is C57H66N10O8S2. The second-order valence-electron chi connectivity index (χ2n) is 22.2. The summed E-state index contributed by atoms with van der Waals surface area (Å²) in [5.41, 5.74) is 5.16. The van der Waals surface area contributed by atoms with E-state index in [0.29, 0.717) is 48.6 Å². The van der Waals surface area contributed by atoms with Crippen LogP contribution in [0.2, 0.25) is 0 Å². The molecule has 1 spiro atoms. The van der Waals surface area contributed by atoms with Crippen molar-refractivity contribution in [2.24, 2.45) is 11.3 Å². The van der Waals surface area contributed by atoms with Crippen LogP contribution in [0.5, 0.6) is 17.2 Å². The summed E-state index contributed by atoms with van der Waals surface area (Å²) in [6.07, 6.45) is 11.5. The van der Waals surface area contributed by atoms with Gasteiger partial charge >= 0.3 is 0 Å². The Kier molecular flexibility index (Phi) is 14.5. The number of nitro groups is 1. The number of nitro benzene ring substituents is 1. The number of carbonyl (C=O) groups is 1. The Morgan fingerprint density at radius 1 is 0.961 bits per heavy atom. The highest BCUT2D eigenvalue weighted by Crippen LogP contribution is 2.53. The lowest BCUT2D eigenvalue weighted by molar-refractivity contribution is -0.384. The molecule has 0 bridgehead atoms. The van der Waals surface area contributed by atoms with Crippen molar-refractivity contribution in [1.82, 2.24) is 34.5 Å². The molecule has 11 rings (SSSR count). The number of nitrogens with one attached hydrogen (secondary N) is 3. The van der Waals surface area contributed by atoms with Gasteiger partial charge < -0.3 is 29.8 Å². The molecule has 3 aromatic carbocycles. The van der Waals surface area contributed by atoms with Crippen molar-refractivity contribution in [3.63, 3.8) is 0 Å². The number of piperidine rings is 1. The van der Waals surface area contributed by atoms with Crippen molar-refractivity contribution in [2.75, 3.05) is 56.6 Å². The molecular weight excluding hydrogens is 1020 g/mol. The van der Waals surface area contributed by atoms with Gasteiger partial charge in [0.1, 0.15) is 50.4 Å². The maximum absolute atomic E-state index is 14.3. The molecule has 18 nitrogen and oxygen atoms in total. The van der Waals surface area contributed by atoms with Gasteiger partial charge in [0.15, 0.2) is 0 Å². The number of aromatic nitrogens is 4. The van der Waals surface area contributed by atoms with Gasteiger partial charge in [0.25, 0.3) is 21.6 Å². The fraction of sp³-hybridized carbons (Fsp3) is 0.439. The SMILES string of the molecule is COc1ccc(CN2CCN(C3CC4(CCN(c5cc(Oc6cnc7[nH]ccc7c6)c(C(=O)NS(=O)(=O)c6cc([N+](=O)[O-])c(NCC7CCC(C)(O)CC7)c7scnc67)cn5)CC4)C3)[C@H](c3ccccc3C(C)C)C2)cc1. The molecule has 0 radical (unpaired) electrons. The third-order valence-electron chi connectivity index (χ3n) is 16.7. The van der Waals surface area contributed by atoms with Crippen molar-refractivity contribution in [3.05, 3.63) is 129 Å². The number of carbonyl (C=O) groups excluding carboxylic acids is 1. The number of thiazole rings is 1. The summed E-state index contributed by atoms with van der Waals surface area (Å²) in [7, 11) is -3.07. The molecule has 2 aliphatic carbocycles. The van der Waals surface area contributed by atoms with E-state index in [4.69, 9.17) is 14.5 Å². The highest BCUT2D eigenvalue weighted by atomic mass is 32.2. The summed E-state index contributed by atoms with van der Waals surface area (Å²) in [5.74, 6) is 1.36. The number of anilines is 2. The first kappa shape index (κ1) is 52.3. The van der Waals surface area contributed by atoms with Crippen LogP contribution in [-0.2, 0) is 16.6 Å². The molecule has 1 atom stereocenters.